The number of rotatable bonds is 4. The molecule has 3 heteroatoms. The van der Waals surface area contributed by atoms with Gasteiger partial charge in [0.15, 0.2) is 0 Å². The molecule has 0 aliphatic carbocycles. The fraction of sp³-hybridized carbons (Fsp3) is 0.211. The molecule has 3 nitrogen and oxygen atoms in total. The van der Waals surface area contributed by atoms with Gasteiger partial charge in [0.25, 0.3) is 5.91 Å². The summed E-state index contributed by atoms with van der Waals surface area (Å²) in [7, 11) is 0. The highest BCUT2D eigenvalue weighted by atomic mass is 16.2. The summed E-state index contributed by atoms with van der Waals surface area (Å²) in [5.74, 6) is 0.0416. The zero-order valence-corrected chi connectivity index (χ0v) is 12.8. The van der Waals surface area contributed by atoms with E-state index in [-0.39, 0.29) is 5.91 Å². The number of para-hydroxylation sites is 1. The first-order valence-corrected chi connectivity index (χ1v) is 7.58. The first kappa shape index (κ1) is 14.4. The Kier molecular flexibility index (Phi) is 3.72. The lowest BCUT2D eigenvalue weighted by Crippen LogP contribution is -2.57. The Morgan fingerprint density at radius 3 is 2.50 bits per heavy atom. The monoisotopic (exact) mass is 292 g/mol. The SMILES string of the molecule is C=CCN1C(=O)c2ccccc2NC1(CC)c1ccccc1. The molecule has 1 N–H and O–H groups in total. The van der Waals surface area contributed by atoms with Crippen molar-refractivity contribution < 1.29 is 4.79 Å². The van der Waals surface area contributed by atoms with Gasteiger partial charge in [0, 0.05) is 12.2 Å². The van der Waals surface area contributed by atoms with E-state index in [1.54, 1.807) is 6.08 Å². The molecule has 0 aromatic heterocycles. The number of nitrogens with zero attached hydrogens (tertiary/aromatic N) is 1. The zero-order valence-electron chi connectivity index (χ0n) is 12.8. The van der Waals surface area contributed by atoms with E-state index in [1.807, 2.05) is 47.4 Å². The highest BCUT2D eigenvalue weighted by molar-refractivity contribution is 6.02. The lowest BCUT2D eigenvalue weighted by molar-refractivity contribution is 0.0524. The maximum absolute atomic E-state index is 13.0. The van der Waals surface area contributed by atoms with Crippen LogP contribution in [-0.2, 0) is 5.66 Å². The molecule has 0 saturated heterocycles. The molecule has 22 heavy (non-hydrogen) atoms. The highest BCUT2D eigenvalue weighted by Gasteiger charge is 2.43. The van der Waals surface area contributed by atoms with Gasteiger partial charge in [-0.3, -0.25) is 4.79 Å². The summed E-state index contributed by atoms with van der Waals surface area (Å²) in [4.78, 5) is 14.9. The quantitative estimate of drug-likeness (QED) is 0.864. The first-order valence-electron chi connectivity index (χ1n) is 7.58. The molecular weight excluding hydrogens is 272 g/mol. The van der Waals surface area contributed by atoms with E-state index in [0.717, 1.165) is 17.7 Å². The van der Waals surface area contributed by atoms with E-state index in [2.05, 4.69) is 31.0 Å². The van der Waals surface area contributed by atoms with E-state index in [0.29, 0.717) is 12.1 Å². The molecule has 1 aliphatic rings. The first-order chi connectivity index (χ1) is 10.7. The molecular formula is C19H20N2O. The largest absolute Gasteiger partial charge is 0.358 e. The number of benzene rings is 2. The van der Waals surface area contributed by atoms with E-state index in [4.69, 9.17) is 0 Å². The number of carbonyl (C=O) groups is 1. The average molecular weight is 292 g/mol. The summed E-state index contributed by atoms with van der Waals surface area (Å²) in [5, 5.41) is 3.60. The van der Waals surface area contributed by atoms with Crippen LogP contribution in [-0.4, -0.2) is 17.4 Å². The molecule has 1 unspecified atom stereocenters. The third-order valence-electron chi connectivity index (χ3n) is 4.28. The fourth-order valence-electron chi connectivity index (χ4n) is 3.18. The highest BCUT2D eigenvalue weighted by Crippen LogP contribution is 2.39. The minimum absolute atomic E-state index is 0.0416. The van der Waals surface area contributed by atoms with Crippen molar-refractivity contribution in [1.82, 2.24) is 4.90 Å². The molecule has 1 amide bonds. The summed E-state index contributed by atoms with van der Waals surface area (Å²) < 4.78 is 0. The van der Waals surface area contributed by atoms with Crippen molar-refractivity contribution in [1.29, 1.82) is 0 Å². The Morgan fingerprint density at radius 1 is 1.14 bits per heavy atom. The van der Waals surface area contributed by atoms with Crippen molar-refractivity contribution in [2.75, 3.05) is 11.9 Å². The zero-order chi connectivity index (χ0) is 15.6. The van der Waals surface area contributed by atoms with Gasteiger partial charge in [-0.25, -0.2) is 0 Å². The molecule has 0 saturated carbocycles. The molecule has 112 valence electrons. The van der Waals surface area contributed by atoms with Crippen molar-refractivity contribution in [3.05, 3.63) is 78.4 Å². The van der Waals surface area contributed by atoms with Gasteiger partial charge in [-0.1, -0.05) is 55.5 Å². The minimum atomic E-state index is -0.541. The van der Waals surface area contributed by atoms with Crippen LogP contribution in [0.5, 0.6) is 0 Å². The summed E-state index contributed by atoms with van der Waals surface area (Å²) in [6, 6.07) is 17.8. The van der Waals surface area contributed by atoms with Crippen molar-refractivity contribution >= 4 is 11.6 Å². The Labute approximate surface area is 131 Å². The van der Waals surface area contributed by atoms with Crippen LogP contribution >= 0.6 is 0 Å². The number of carbonyl (C=O) groups excluding carboxylic acids is 1. The van der Waals surface area contributed by atoms with E-state index in [9.17, 15) is 4.79 Å². The predicted molar refractivity (Wildman–Crippen MR) is 89.7 cm³/mol. The van der Waals surface area contributed by atoms with Gasteiger partial charge in [-0.15, -0.1) is 6.58 Å². The normalized spacial score (nSPS) is 20.2. The van der Waals surface area contributed by atoms with Gasteiger partial charge in [-0.2, -0.15) is 0 Å². The van der Waals surface area contributed by atoms with Crippen LogP contribution in [0.3, 0.4) is 0 Å². The number of fused-ring (bicyclic) bond motifs is 1. The third-order valence-corrected chi connectivity index (χ3v) is 4.28. The summed E-state index contributed by atoms with van der Waals surface area (Å²) in [6.45, 7) is 6.41. The van der Waals surface area contributed by atoms with Crippen LogP contribution in [0.25, 0.3) is 0 Å². The van der Waals surface area contributed by atoms with E-state index in [1.165, 1.54) is 0 Å². The van der Waals surface area contributed by atoms with Gasteiger partial charge in [-0.05, 0) is 24.1 Å². The van der Waals surface area contributed by atoms with Gasteiger partial charge >= 0.3 is 0 Å². The van der Waals surface area contributed by atoms with Crippen LogP contribution < -0.4 is 5.32 Å². The summed E-state index contributed by atoms with van der Waals surface area (Å²) in [5.41, 5.74) is 2.14. The molecule has 2 aromatic rings. The summed E-state index contributed by atoms with van der Waals surface area (Å²) in [6.07, 6.45) is 2.55. The maximum Gasteiger partial charge on any atom is 0.258 e. The molecule has 1 heterocycles. The van der Waals surface area contributed by atoms with Crippen molar-refractivity contribution in [3.63, 3.8) is 0 Å². The minimum Gasteiger partial charge on any atom is -0.358 e. The van der Waals surface area contributed by atoms with Crippen LogP contribution in [0.15, 0.2) is 67.3 Å². The Bertz CT molecular complexity index is 696. The number of anilines is 1. The number of nitrogens with one attached hydrogen (secondary N) is 1. The van der Waals surface area contributed by atoms with E-state index < -0.39 is 5.66 Å². The maximum atomic E-state index is 13.0. The van der Waals surface area contributed by atoms with Crippen molar-refractivity contribution in [3.8, 4) is 0 Å². The van der Waals surface area contributed by atoms with Crippen molar-refractivity contribution in [2.24, 2.45) is 0 Å². The standard InChI is InChI=1S/C19H20N2O/c1-3-14-21-18(22)16-12-8-9-13-17(16)20-19(21,4-2)15-10-6-5-7-11-15/h3,5-13,20H,1,4,14H2,2H3. The van der Waals surface area contributed by atoms with Crippen molar-refractivity contribution in [2.45, 2.75) is 19.0 Å². The van der Waals surface area contributed by atoms with Gasteiger partial charge in [0.05, 0.1) is 5.56 Å². The predicted octanol–water partition coefficient (Wildman–Crippen LogP) is 4.00. The third kappa shape index (κ3) is 2.10. The second-order valence-electron chi connectivity index (χ2n) is 5.45. The van der Waals surface area contributed by atoms with Crippen LogP contribution in [0.1, 0.15) is 29.3 Å². The second kappa shape index (κ2) is 5.68. The van der Waals surface area contributed by atoms with Gasteiger partial charge in [0.2, 0.25) is 0 Å². The smallest absolute Gasteiger partial charge is 0.258 e. The molecule has 3 rings (SSSR count). The van der Waals surface area contributed by atoms with Gasteiger partial charge in [0.1, 0.15) is 5.66 Å². The second-order valence-corrected chi connectivity index (χ2v) is 5.45. The van der Waals surface area contributed by atoms with E-state index >= 15 is 0 Å². The van der Waals surface area contributed by atoms with Crippen LogP contribution in [0, 0.1) is 0 Å². The molecule has 2 aromatic carbocycles. The molecule has 0 spiro atoms. The molecule has 1 aliphatic heterocycles. The van der Waals surface area contributed by atoms with Crippen LogP contribution in [0.2, 0.25) is 0 Å². The number of hydrogen-bond acceptors (Lipinski definition) is 2. The molecule has 0 bridgehead atoms. The van der Waals surface area contributed by atoms with Crippen LogP contribution in [0.4, 0.5) is 5.69 Å². The molecule has 1 atom stereocenters. The number of amides is 1. The average Bonchev–Trinajstić information content (AvgIpc) is 2.58. The Hall–Kier alpha value is -2.55. The summed E-state index contributed by atoms with van der Waals surface area (Å²) >= 11 is 0. The Morgan fingerprint density at radius 2 is 1.82 bits per heavy atom. The lowest BCUT2D eigenvalue weighted by atomic mass is 9.89. The topological polar surface area (TPSA) is 32.3 Å². The lowest BCUT2D eigenvalue weighted by Gasteiger charge is -2.48. The van der Waals surface area contributed by atoms with Gasteiger partial charge < -0.3 is 10.2 Å². The number of hydrogen-bond donors (Lipinski definition) is 1. The molecule has 0 radical (unpaired) electrons. The Balaban J connectivity index is 2.19. The fourth-order valence-corrected chi connectivity index (χ4v) is 3.18. The molecule has 0 fully saturated rings.